The molecule has 0 spiro atoms. The largest absolute Gasteiger partial charge is 0.317 e. The molecule has 21 heavy (non-hydrogen) atoms. The van der Waals surface area contributed by atoms with Crippen molar-refractivity contribution >= 4 is 0 Å². The van der Waals surface area contributed by atoms with Crippen molar-refractivity contribution in [3.63, 3.8) is 0 Å². The summed E-state index contributed by atoms with van der Waals surface area (Å²) in [6.07, 6.45) is 12.5. The van der Waals surface area contributed by atoms with Crippen molar-refractivity contribution in [2.45, 2.75) is 70.8 Å². The van der Waals surface area contributed by atoms with Gasteiger partial charge in [-0.2, -0.15) is 0 Å². The predicted molar refractivity (Wildman–Crippen MR) is 92.6 cm³/mol. The first-order valence-electron chi connectivity index (χ1n) is 9.04. The van der Waals surface area contributed by atoms with Gasteiger partial charge in [-0.05, 0) is 56.6 Å². The molecule has 1 saturated carbocycles. The van der Waals surface area contributed by atoms with E-state index in [9.17, 15) is 0 Å². The van der Waals surface area contributed by atoms with Crippen LogP contribution in [-0.4, -0.2) is 13.1 Å². The van der Waals surface area contributed by atoms with Gasteiger partial charge in [-0.15, -0.1) is 0 Å². The highest BCUT2D eigenvalue weighted by atomic mass is 14.9. The summed E-state index contributed by atoms with van der Waals surface area (Å²) in [5, 5.41) is 3.60. The number of rotatable bonds is 8. The summed E-state index contributed by atoms with van der Waals surface area (Å²) >= 11 is 0. The van der Waals surface area contributed by atoms with Crippen molar-refractivity contribution in [1.29, 1.82) is 0 Å². The molecule has 1 fully saturated rings. The number of benzene rings is 1. The van der Waals surface area contributed by atoms with Crippen molar-refractivity contribution in [2.24, 2.45) is 11.8 Å². The standard InChI is InChI=1S/C20H33N/c1-3-8-17-13-15-19(16-14-17)20(21-2)12-7-11-18-9-5-4-6-10-18/h4-6,9-10,17,19-21H,3,7-8,11-16H2,1-2H3. The summed E-state index contributed by atoms with van der Waals surface area (Å²) in [6, 6.07) is 11.7. The lowest BCUT2D eigenvalue weighted by Gasteiger charge is -2.34. The average molecular weight is 287 g/mol. The van der Waals surface area contributed by atoms with Crippen molar-refractivity contribution < 1.29 is 0 Å². The van der Waals surface area contributed by atoms with Crippen LogP contribution in [0.15, 0.2) is 30.3 Å². The van der Waals surface area contributed by atoms with Gasteiger partial charge in [-0.1, -0.05) is 62.9 Å². The molecule has 0 bridgehead atoms. The van der Waals surface area contributed by atoms with Crippen LogP contribution >= 0.6 is 0 Å². The SMILES string of the molecule is CCCC1CCC(C(CCCc2ccccc2)NC)CC1. The van der Waals surface area contributed by atoms with Gasteiger partial charge < -0.3 is 5.32 Å². The Morgan fingerprint density at radius 1 is 1.10 bits per heavy atom. The third-order valence-electron chi connectivity index (χ3n) is 5.35. The van der Waals surface area contributed by atoms with Gasteiger partial charge in [-0.3, -0.25) is 0 Å². The zero-order valence-corrected chi connectivity index (χ0v) is 14.0. The smallest absolute Gasteiger partial charge is 0.00924 e. The maximum Gasteiger partial charge on any atom is 0.00924 e. The Hall–Kier alpha value is -0.820. The number of nitrogens with one attached hydrogen (secondary N) is 1. The lowest BCUT2D eigenvalue weighted by molar-refractivity contribution is 0.211. The maximum atomic E-state index is 3.60. The van der Waals surface area contributed by atoms with E-state index in [0.29, 0.717) is 0 Å². The second kappa shape index (κ2) is 9.25. The fourth-order valence-electron chi connectivity index (χ4n) is 4.07. The predicted octanol–water partition coefficient (Wildman–Crippen LogP) is 5.20. The highest BCUT2D eigenvalue weighted by molar-refractivity contribution is 5.14. The zero-order valence-electron chi connectivity index (χ0n) is 14.0. The zero-order chi connectivity index (χ0) is 14.9. The van der Waals surface area contributed by atoms with Gasteiger partial charge in [0.25, 0.3) is 0 Å². The summed E-state index contributed by atoms with van der Waals surface area (Å²) in [5.41, 5.74) is 1.49. The van der Waals surface area contributed by atoms with Gasteiger partial charge in [0.15, 0.2) is 0 Å². The van der Waals surface area contributed by atoms with Crippen LogP contribution in [0.1, 0.15) is 63.9 Å². The van der Waals surface area contributed by atoms with E-state index in [1.807, 2.05) is 0 Å². The van der Waals surface area contributed by atoms with E-state index in [2.05, 4.69) is 49.6 Å². The van der Waals surface area contributed by atoms with Gasteiger partial charge in [0, 0.05) is 6.04 Å². The van der Waals surface area contributed by atoms with Crippen LogP contribution in [-0.2, 0) is 6.42 Å². The van der Waals surface area contributed by atoms with E-state index in [-0.39, 0.29) is 0 Å². The van der Waals surface area contributed by atoms with Crippen LogP contribution in [0.3, 0.4) is 0 Å². The summed E-state index contributed by atoms with van der Waals surface area (Å²) < 4.78 is 0. The maximum absolute atomic E-state index is 3.60. The quantitative estimate of drug-likeness (QED) is 0.692. The molecular weight excluding hydrogens is 254 g/mol. The fraction of sp³-hybridized carbons (Fsp3) is 0.700. The topological polar surface area (TPSA) is 12.0 Å². The molecule has 118 valence electrons. The average Bonchev–Trinajstić information content (AvgIpc) is 2.54. The van der Waals surface area contributed by atoms with Gasteiger partial charge in [0.2, 0.25) is 0 Å². The lowest BCUT2D eigenvalue weighted by Crippen LogP contribution is -2.36. The Morgan fingerprint density at radius 2 is 1.81 bits per heavy atom. The van der Waals surface area contributed by atoms with E-state index in [4.69, 9.17) is 0 Å². The monoisotopic (exact) mass is 287 g/mol. The molecule has 0 aromatic heterocycles. The molecule has 1 unspecified atom stereocenters. The summed E-state index contributed by atoms with van der Waals surface area (Å²) in [6.45, 7) is 2.33. The Balaban J connectivity index is 1.71. The van der Waals surface area contributed by atoms with Crippen molar-refractivity contribution in [3.8, 4) is 0 Å². The molecule has 1 nitrogen and oxygen atoms in total. The van der Waals surface area contributed by atoms with Crippen LogP contribution in [0.25, 0.3) is 0 Å². The molecule has 1 aromatic rings. The molecule has 0 saturated heterocycles. The molecule has 0 radical (unpaired) electrons. The van der Waals surface area contributed by atoms with Crippen molar-refractivity contribution in [3.05, 3.63) is 35.9 Å². The second-order valence-electron chi connectivity index (χ2n) is 6.84. The van der Waals surface area contributed by atoms with E-state index in [1.165, 1.54) is 63.4 Å². The van der Waals surface area contributed by atoms with Gasteiger partial charge in [0.1, 0.15) is 0 Å². The molecule has 0 aliphatic heterocycles. The fourth-order valence-corrected chi connectivity index (χ4v) is 4.07. The van der Waals surface area contributed by atoms with Crippen LogP contribution in [0, 0.1) is 11.8 Å². The Bertz CT molecular complexity index is 365. The Morgan fingerprint density at radius 3 is 2.43 bits per heavy atom. The minimum atomic E-state index is 0.733. The Kier molecular flexibility index (Phi) is 7.29. The minimum Gasteiger partial charge on any atom is -0.317 e. The summed E-state index contributed by atoms with van der Waals surface area (Å²) in [7, 11) is 2.16. The van der Waals surface area contributed by atoms with Crippen molar-refractivity contribution in [1.82, 2.24) is 5.32 Å². The second-order valence-corrected chi connectivity index (χ2v) is 6.84. The third-order valence-corrected chi connectivity index (χ3v) is 5.35. The molecule has 1 aliphatic carbocycles. The minimum absolute atomic E-state index is 0.733. The van der Waals surface area contributed by atoms with E-state index < -0.39 is 0 Å². The normalized spacial score (nSPS) is 23.9. The van der Waals surface area contributed by atoms with Gasteiger partial charge in [0.05, 0.1) is 0 Å². The molecule has 0 amide bonds. The Labute approximate surface area is 131 Å². The van der Waals surface area contributed by atoms with Crippen LogP contribution in [0.2, 0.25) is 0 Å². The first-order valence-corrected chi connectivity index (χ1v) is 9.04. The summed E-state index contributed by atoms with van der Waals surface area (Å²) in [5.74, 6) is 1.94. The summed E-state index contributed by atoms with van der Waals surface area (Å²) in [4.78, 5) is 0. The lowest BCUT2D eigenvalue weighted by atomic mass is 9.76. The van der Waals surface area contributed by atoms with Crippen LogP contribution in [0.5, 0.6) is 0 Å². The van der Waals surface area contributed by atoms with Crippen LogP contribution in [0.4, 0.5) is 0 Å². The molecule has 1 N–H and O–H groups in total. The molecule has 1 aromatic carbocycles. The number of hydrogen-bond acceptors (Lipinski definition) is 1. The highest BCUT2D eigenvalue weighted by Gasteiger charge is 2.25. The van der Waals surface area contributed by atoms with Crippen molar-refractivity contribution in [2.75, 3.05) is 7.05 Å². The molecule has 2 rings (SSSR count). The van der Waals surface area contributed by atoms with E-state index in [1.54, 1.807) is 0 Å². The van der Waals surface area contributed by atoms with E-state index >= 15 is 0 Å². The third kappa shape index (κ3) is 5.47. The molecule has 0 heterocycles. The molecular formula is C20H33N. The van der Waals surface area contributed by atoms with Gasteiger partial charge in [-0.25, -0.2) is 0 Å². The number of hydrogen-bond donors (Lipinski definition) is 1. The molecule has 1 heteroatoms. The first-order chi connectivity index (χ1) is 10.3. The van der Waals surface area contributed by atoms with Crippen LogP contribution < -0.4 is 5.32 Å². The van der Waals surface area contributed by atoms with Gasteiger partial charge >= 0.3 is 0 Å². The van der Waals surface area contributed by atoms with E-state index in [0.717, 1.165) is 17.9 Å². The molecule has 1 aliphatic rings. The molecule has 1 atom stereocenters. The number of aryl methyl sites for hydroxylation is 1. The first kappa shape index (κ1) is 16.5. The highest BCUT2D eigenvalue weighted by Crippen LogP contribution is 2.34.